The Morgan fingerprint density at radius 1 is 1.16 bits per heavy atom. The van der Waals surface area contributed by atoms with E-state index in [0.29, 0.717) is 15.8 Å². The van der Waals surface area contributed by atoms with Gasteiger partial charge >= 0.3 is 5.97 Å². The van der Waals surface area contributed by atoms with Crippen molar-refractivity contribution in [3.8, 4) is 11.5 Å². The zero-order valence-corrected chi connectivity index (χ0v) is 15.2. The van der Waals surface area contributed by atoms with Gasteiger partial charge in [-0.25, -0.2) is 9.18 Å². The Balaban J connectivity index is 1.89. The average molecular weight is 411 g/mol. The van der Waals surface area contributed by atoms with Crippen LogP contribution >= 0.6 is 15.9 Å². The average Bonchev–Trinajstić information content (AvgIpc) is 2.60. The smallest absolute Gasteiger partial charge is 0.344 e. The second-order valence-electron chi connectivity index (χ2n) is 5.09. The van der Waals surface area contributed by atoms with E-state index >= 15 is 0 Å². The molecule has 0 N–H and O–H groups in total. The molecule has 1 unspecified atom stereocenters. The molecule has 0 radical (unpaired) electrons. The summed E-state index contributed by atoms with van der Waals surface area (Å²) in [5, 5.41) is 0. The molecule has 0 fully saturated rings. The van der Waals surface area contributed by atoms with Gasteiger partial charge in [0, 0.05) is 10.0 Å². The van der Waals surface area contributed by atoms with Crippen LogP contribution in [0.4, 0.5) is 4.39 Å². The molecule has 0 bridgehead atoms. The molecule has 0 aromatic heterocycles. The Labute approximate surface area is 152 Å². The first-order chi connectivity index (χ1) is 11.9. The van der Waals surface area contributed by atoms with Gasteiger partial charge < -0.3 is 14.2 Å². The van der Waals surface area contributed by atoms with Crippen molar-refractivity contribution in [1.29, 1.82) is 0 Å². The maximum atomic E-state index is 13.6. The van der Waals surface area contributed by atoms with Gasteiger partial charge in [-0.3, -0.25) is 4.79 Å². The highest BCUT2D eigenvalue weighted by Gasteiger charge is 2.20. The lowest BCUT2D eigenvalue weighted by atomic mass is 10.1. The molecule has 0 spiro atoms. The molecule has 0 heterocycles. The largest absolute Gasteiger partial charge is 0.497 e. The van der Waals surface area contributed by atoms with E-state index in [1.54, 1.807) is 30.3 Å². The summed E-state index contributed by atoms with van der Waals surface area (Å²) < 4.78 is 29.3. The van der Waals surface area contributed by atoms with Crippen LogP contribution in [0.25, 0.3) is 0 Å². The second kappa shape index (κ2) is 8.62. The minimum Gasteiger partial charge on any atom is -0.497 e. The molecule has 0 aliphatic heterocycles. The van der Waals surface area contributed by atoms with Crippen molar-refractivity contribution in [2.75, 3.05) is 13.7 Å². The summed E-state index contributed by atoms with van der Waals surface area (Å²) >= 11 is 3.12. The predicted molar refractivity (Wildman–Crippen MR) is 92.5 cm³/mol. The number of carbonyl (C=O) groups excluding carboxylic acids is 2. The van der Waals surface area contributed by atoms with Crippen molar-refractivity contribution in [2.24, 2.45) is 0 Å². The minimum atomic E-state index is -0.987. The molecule has 2 aromatic rings. The first-order valence-electron chi connectivity index (χ1n) is 7.36. The zero-order valence-electron chi connectivity index (χ0n) is 13.6. The topological polar surface area (TPSA) is 61.8 Å². The fraction of sp³-hybridized carbons (Fsp3) is 0.222. The van der Waals surface area contributed by atoms with Crippen LogP contribution in [-0.4, -0.2) is 31.6 Å². The second-order valence-corrected chi connectivity index (χ2v) is 6.00. The van der Waals surface area contributed by atoms with Gasteiger partial charge in [-0.05, 0) is 49.4 Å². The molecule has 5 nitrogen and oxygen atoms in total. The van der Waals surface area contributed by atoms with Gasteiger partial charge in [-0.1, -0.05) is 15.9 Å². The van der Waals surface area contributed by atoms with Crippen LogP contribution in [-0.2, 0) is 9.53 Å². The predicted octanol–water partition coefficient (Wildman–Crippen LogP) is 3.79. The van der Waals surface area contributed by atoms with Crippen molar-refractivity contribution in [2.45, 2.75) is 13.0 Å². The lowest BCUT2D eigenvalue weighted by Gasteiger charge is -2.13. The highest BCUT2D eigenvalue weighted by molar-refractivity contribution is 9.10. The van der Waals surface area contributed by atoms with Crippen LogP contribution in [0.1, 0.15) is 17.3 Å². The third-order valence-electron chi connectivity index (χ3n) is 3.29. The van der Waals surface area contributed by atoms with E-state index in [9.17, 15) is 14.0 Å². The highest BCUT2D eigenvalue weighted by Crippen LogP contribution is 2.21. The standard InChI is InChI=1S/C18H16BrFO5/c1-11(18(22)12-3-6-14(23-2)7-4-12)25-17(21)10-24-16-8-5-13(19)9-15(16)20/h3-9,11H,10H2,1-2H3. The number of hydrogen-bond donors (Lipinski definition) is 0. The monoisotopic (exact) mass is 410 g/mol. The number of carbonyl (C=O) groups is 2. The normalized spacial score (nSPS) is 11.5. The summed E-state index contributed by atoms with van der Waals surface area (Å²) in [6.45, 7) is 0.962. The van der Waals surface area contributed by atoms with E-state index in [4.69, 9.17) is 14.2 Å². The molecular weight excluding hydrogens is 395 g/mol. The van der Waals surface area contributed by atoms with Gasteiger partial charge in [0.25, 0.3) is 0 Å². The first kappa shape index (κ1) is 18.9. The Kier molecular flexibility index (Phi) is 6.52. The van der Waals surface area contributed by atoms with E-state index in [1.165, 1.54) is 26.2 Å². The van der Waals surface area contributed by atoms with E-state index in [1.807, 2.05) is 0 Å². The van der Waals surface area contributed by atoms with Crippen molar-refractivity contribution in [1.82, 2.24) is 0 Å². The van der Waals surface area contributed by atoms with Gasteiger partial charge in [-0.15, -0.1) is 0 Å². The third kappa shape index (κ3) is 5.29. The molecular formula is C18H16BrFO5. The SMILES string of the molecule is COc1ccc(C(=O)C(C)OC(=O)COc2ccc(Br)cc2F)cc1. The Morgan fingerprint density at radius 3 is 2.44 bits per heavy atom. The molecule has 0 amide bonds. The number of ketones is 1. The van der Waals surface area contributed by atoms with Gasteiger partial charge in [0.2, 0.25) is 5.78 Å². The van der Waals surface area contributed by atoms with E-state index in [2.05, 4.69) is 15.9 Å². The van der Waals surface area contributed by atoms with Crippen LogP contribution in [0, 0.1) is 5.82 Å². The van der Waals surface area contributed by atoms with Crippen LogP contribution in [0.3, 0.4) is 0 Å². The Morgan fingerprint density at radius 2 is 1.84 bits per heavy atom. The highest BCUT2D eigenvalue weighted by atomic mass is 79.9. The van der Waals surface area contributed by atoms with E-state index < -0.39 is 24.5 Å². The van der Waals surface area contributed by atoms with Crippen LogP contribution in [0.15, 0.2) is 46.9 Å². The summed E-state index contributed by atoms with van der Waals surface area (Å²) in [6, 6.07) is 10.6. The summed E-state index contributed by atoms with van der Waals surface area (Å²) in [4.78, 5) is 24.0. The number of halogens is 2. The van der Waals surface area contributed by atoms with Crippen LogP contribution in [0.5, 0.6) is 11.5 Å². The molecule has 0 aliphatic carbocycles. The molecule has 2 rings (SSSR count). The Bertz CT molecular complexity index is 761. The molecule has 2 aromatic carbocycles. The number of Topliss-reactive ketones (excluding diaryl/α,β-unsaturated/α-hetero) is 1. The molecule has 0 aliphatic rings. The number of esters is 1. The fourth-order valence-electron chi connectivity index (χ4n) is 2.00. The van der Waals surface area contributed by atoms with Gasteiger partial charge in [0.15, 0.2) is 24.3 Å². The molecule has 0 saturated carbocycles. The molecule has 25 heavy (non-hydrogen) atoms. The molecule has 1 atom stereocenters. The lowest BCUT2D eigenvalue weighted by Crippen LogP contribution is -2.27. The van der Waals surface area contributed by atoms with E-state index in [0.717, 1.165) is 0 Å². The zero-order chi connectivity index (χ0) is 18.4. The van der Waals surface area contributed by atoms with Crippen molar-refractivity contribution >= 4 is 27.7 Å². The van der Waals surface area contributed by atoms with Gasteiger partial charge in [0.1, 0.15) is 5.75 Å². The van der Waals surface area contributed by atoms with Crippen LogP contribution < -0.4 is 9.47 Å². The summed E-state index contributed by atoms with van der Waals surface area (Å²) in [5.41, 5.74) is 0.390. The van der Waals surface area contributed by atoms with E-state index in [-0.39, 0.29) is 11.5 Å². The first-order valence-corrected chi connectivity index (χ1v) is 8.15. The van der Waals surface area contributed by atoms with Crippen molar-refractivity contribution in [3.63, 3.8) is 0 Å². The Hall–Kier alpha value is -2.41. The van der Waals surface area contributed by atoms with Gasteiger partial charge in [0.05, 0.1) is 7.11 Å². The van der Waals surface area contributed by atoms with Gasteiger partial charge in [-0.2, -0.15) is 0 Å². The summed E-state index contributed by atoms with van der Waals surface area (Å²) in [6.07, 6.45) is -0.987. The van der Waals surface area contributed by atoms with Crippen molar-refractivity contribution < 1.29 is 28.2 Å². The number of benzene rings is 2. The molecule has 7 heteroatoms. The number of hydrogen-bond acceptors (Lipinski definition) is 5. The summed E-state index contributed by atoms with van der Waals surface area (Å²) in [5.74, 6) is -1.19. The lowest BCUT2D eigenvalue weighted by molar-refractivity contribution is -0.148. The number of rotatable bonds is 7. The maximum absolute atomic E-state index is 13.6. The van der Waals surface area contributed by atoms with Crippen molar-refractivity contribution in [3.05, 3.63) is 58.3 Å². The number of ether oxygens (including phenoxy) is 3. The summed E-state index contributed by atoms with van der Waals surface area (Å²) in [7, 11) is 1.52. The molecule has 132 valence electrons. The molecule has 0 saturated heterocycles. The minimum absolute atomic E-state index is 0.0747. The fourth-order valence-corrected chi connectivity index (χ4v) is 2.34. The van der Waals surface area contributed by atoms with Crippen LogP contribution in [0.2, 0.25) is 0 Å². The maximum Gasteiger partial charge on any atom is 0.344 e. The quantitative estimate of drug-likeness (QED) is 0.513. The third-order valence-corrected chi connectivity index (χ3v) is 3.78. The number of methoxy groups -OCH3 is 1.